The molecular formula is C13H18O4. The molecule has 1 aliphatic heterocycles. The van der Waals surface area contributed by atoms with E-state index in [4.69, 9.17) is 14.6 Å². The third-order valence-corrected chi connectivity index (χ3v) is 2.90. The molecule has 94 valence electrons. The Balaban J connectivity index is 1.96. The van der Waals surface area contributed by atoms with E-state index in [1.165, 1.54) is 0 Å². The lowest BCUT2D eigenvalue weighted by molar-refractivity contribution is -0.153. The summed E-state index contributed by atoms with van der Waals surface area (Å²) in [6, 6.07) is 7.01. The van der Waals surface area contributed by atoms with Crippen LogP contribution in [0.15, 0.2) is 24.3 Å². The zero-order valence-electron chi connectivity index (χ0n) is 9.93. The number of hydrogen-bond donors (Lipinski definition) is 2. The lowest BCUT2D eigenvalue weighted by Gasteiger charge is -2.23. The molecule has 2 rings (SSSR count). The molecule has 0 spiro atoms. The second-order valence-electron chi connectivity index (χ2n) is 4.54. The fraction of sp³-hybridized carbons (Fsp3) is 0.538. The van der Waals surface area contributed by atoms with Crippen LogP contribution in [0.4, 0.5) is 0 Å². The van der Waals surface area contributed by atoms with Crippen LogP contribution in [0.3, 0.4) is 0 Å². The number of aliphatic hydroxyl groups is 1. The number of aliphatic hydroxyl groups excluding tert-OH is 1. The van der Waals surface area contributed by atoms with Crippen LogP contribution in [-0.4, -0.2) is 35.3 Å². The summed E-state index contributed by atoms with van der Waals surface area (Å²) < 4.78 is 11.4. The Morgan fingerprint density at radius 1 is 1.35 bits per heavy atom. The molecule has 0 amide bonds. The number of phenols is 1. The predicted molar refractivity (Wildman–Crippen MR) is 62.7 cm³/mol. The van der Waals surface area contributed by atoms with Crippen molar-refractivity contribution in [3.8, 4) is 5.75 Å². The van der Waals surface area contributed by atoms with Crippen molar-refractivity contribution in [2.24, 2.45) is 0 Å². The van der Waals surface area contributed by atoms with Crippen LogP contribution in [0.2, 0.25) is 0 Å². The Hall–Kier alpha value is -1.10. The van der Waals surface area contributed by atoms with Crippen molar-refractivity contribution in [3.05, 3.63) is 29.8 Å². The first-order valence-electron chi connectivity index (χ1n) is 5.82. The second-order valence-corrected chi connectivity index (χ2v) is 4.54. The van der Waals surface area contributed by atoms with Crippen molar-refractivity contribution in [2.75, 3.05) is 13.2 Å². The normalized spacial score (nSPS) is 28.5. The molecule has 17 heavy (non-hydrogen) atoms. The molecule has 1 aliphatic rings. The van der Waals surface area contributed by atoms with Crippen LogP contribution in [0.5, 0.6) is 5.75 Å². The summed E-state index contributed by atoms with van der Waals surface area (Å²) in [5.41, 5.74) is 1.05. The first kappa shape index (κ1) is 12.4. The Kier molecular flexibility index (Phi) is 3.66. The average Bonchev–Trinajstić information content (AvgIpc) is 2.64. The number of phenolic OH excluding ortho intramolecular Hbond substituents is 1. The number of rotatable bonds is 4. The van der Waals surface area contributed by atoms with Gasteiger partial charge in [0.2, 0.25) is 0 Å². The maximum Gasteiger partial charge on any atom is 0.170 e. The number of aromatic hydroxyl groups is 1. The molecule has 1 fully saturated rings. The topological polar surface area (TPSA) is 58.9 Å². The number of ether oxygens (including phenoxy) is 2. The summed E-state index contributed by atoms with van der Waals surface area (Å²) in [5, 5.41) is 18.1. The SMILES string of the molecule is CC1(Cc2ccc(O)cc2)OCC(CCO)O1. The van der Waals surface area contributed by atoms with Crippen molar-refractivity contribution < 1.29 is 19.7 Å². The van der Waals surface area contributed by atoms with Gasteiger partial charge in [0.1, 0.15) is 5.75 Å². The minimum absolute atomic E-state index is 0.0258. The van der Waals surface area contributed by atoms with E-state index >= 15 is 0 Å². The molecule has 0 bridgehead atoms. The van der Waals surface area contributed by atoms with Gasteiger partial charge in [-0.05, 0) is 31.0 Å². The second kappa shape index (κ2) is 5.04. The summed E-state index contributed by atoms with van der Waals surface area (Å²) in [6.07, 6.45) is 1.21. The molecular weight excluding hydrogens is 220 g/mol. The fourth-order valence-electron chi connectivity index (χ4n) is 2.05. The van der Waals surface area contributed by atoms with Crippen LogP contribution in [-0.2, 0) is 15.9 Å². The van der Waals surface area contributed by atoms with E-state index in [0.29, 0.717) is 19.4 Å². The Morgan fingerprint density at radius 3 is 2.71 bits per heavy atom. The van der Waals surface area contributed by atoms with Gasteiger partial charge in [-0.3, -0.25) is 0 Å². The van der Waals surface area contributed by atoms with Crippen molar-refractivity contribution in [1.82, 2.24) is 0 Å². The summed E-state index contributed by atoms with van der Waals surface area (Å²) in [4.78, 5) is 0. The Labute approximate surface area is 101 Å². The maximum absolute atomic E-state index is 9.20. The molecule has 1 heterocycles. The molecule has 1 aromatic rings. The predicted octanol–water partition coefficient (Wildman–Crippen LogP) is 1.45. The van der Waals surface area contributed by atoms with Crippen LogP contribution in [0.25, 0.3) is 0 Å². The molecule has 4 heteroatoms. The van der Waals surface area contributed by atoms with Crippen molar-refractivity contribution >= 4 is 0 Å². The van der Waals surface area contributed by atoms with Crippen LogP contribution < -0.4 is 0 Å². The van der Waals surface area contributed by atoms with Gasteiger partial charge in [-0.2, -0.15) is 0 Å². The average molecular weight is 238 g/mol. The minimum atomic E-state index is -0.628. The van der Waals surface area contributed by atoms with Gasteiger partial charge in [0, 0.05) is 13.0 Å². The standard InChI is InChI=1S/C13H18O4/c1-13(16-9-12(17-13)6-7-14)8-10-2-4-11(15)5-3-10/h2-5,12,14-15H,6-9H2,1H3. The first-order chi connectivity index (χ1) is 8.11. The van der Waals surface area contributed by atoms with Gasteiger partial charge < -0.3 is 19.7 Å². The summed E-state index contributed by atoms with van der Waals surface area (Å²) in [7, 11) is 0. The third-order valence-electron chi connectivity index (χ3n) is 2.90. The molecule has 4 nitrogen and oxygen atoms in total. The van der Waals surface area contributed by atoms with E-state index in [2.05, 4.69) is 0 Å². The highest BCUT2D eigenvalue weighted by Crippen LogP contribution is 2.28. The molecule has 0 saturated carbocycles. The van der Waals surface area contributed by atoms with Crippen molar-refractivity contribution in [2.45, 2.75) is 31.7 Å². The van der Waals surface area contributed by atoms with E-state index in [0.717, 1.165) is 5.56 Å². The van der Waals surface area contributed by atoms with Crippen LogP contribution >= 0.6 is 0 Å². The van der Waals surface area contributed by atoms with E-state index in [1.807, 2.05) is 19.1 Å². The largest absolute Gasteiger partial charge is 0.508 e. The van der Waals surface area contributed by atoms with Gasteiger partial charge in [0.25, 0.3) is 0 Å². The zero-order chi connectivity index (χ0) is 12.3. The number of hydrogen-bond acceptors (Lipinski definition) is 4. The third kappa shape index (κ3) is 3.19. The highest BCUT2D eigenvalue weighted by atomic mass is 16.7. The summed E-state index contributed by atoms with van der Waals surface area (Å²) >= 11 is 0. The molecule has 0 aliphatic carbocycles. The van der Waals surface area contributed by atoms with Gasteiger partial charge in [0.05, 0.1) is 12.7 Å². The molecule has 0 radical (unpaired) electrons. The van der Waals surface area contributed by atoms with Gasteiger partial charge in [-0.1, -0.05) is 12.1 Å². The minimum Gasteiger partial charge on any atom is -0.508 e. The smallest absolute Gasteiger partial charge is 0.170 e. The molecule has 2 atom stereocenters. The van der Waals surface area contributed by atoms with Gasteiger partial charge >= 0.3 is 0 Å². The lowest BCUT2D eigenvalue weighted by Crippen LogP contribution is -2.29. The van der Waals surface area contributed by atoms with Gasteiger partial charge in [0.15, 0.2) is 5.79 Å². The Bertz CT molecular complexity index is 362. The molecule has 1 aromatic carbocycles. The summed E-state index contributed by atoms with van der Waals surface area (Å²) in [6.45, 7) is 2.54. The molecule has 0 aromatic heterocycles. The van der Waals surface area contributed by atoms with Crippen LogP contribution in [0.1, 0.15) is 18.9 Å². The molecule has 2 N–H and O–H groups in total. The van der Waals surface area contributed by atoms with Gasteiger partial charge in [-0.25, -0.2) is 0 Å². The highest BCUT2D eigenvalue weighted by Gasteiger charge is 2.36. The lowest BCUT2D eigenvalue weighted by atomic mass is 10.1. The van der Waals surface area contributed by atoms with Crippen molar-refractivity contribution in [3.63, 3.8) is 0 Å². The maximum atomic E-state index is 9.20. The van der Waals surface area contributed by atoms with Gasteiger partial charge in [-0.15, -0.1) is 0 Å². The van der Waals surface area contributed by atoms with E-state index in [9.17, 15) is 5.11 Å². The van der Waals surface area contributed by atoms with E-state index in [1.54, 1.807) is 12.1 Å². The van der Waals surface area contributed by atoms with Crippen LogP contribution in [0, 0.1) is 0 Å². The Morgan fingerprint density at radius 2 is 2.06 bits per heavy atom. The van der Waals surface area contributed by atoms with Crippen molar-refractivity contribution in [1.29, 1.82) is 0 Å². The fourth-order valence-corrected chi connectivity index (χ4v) is 2.05. The summed E-state index contributed by atoms with van der Waals surface area (Å²) in [5.74, 6) is -0.373. The molecule has 2 unspecified atom stereocenters. The number of benzene rings is 1. The molecule has 1 saturated heterocycles. The van der Waals surface area contributed by atoms with E-state index < -0.39 is 5.79 Å². The highest BCUT2D eigenvalue weighted by molar-refractivity contribution is 5.26. The zero-order valence-corrected chi connectivity index (χ0v) is 9.93. The first-order valence-corrected chi connectivity index (χ1v) is 5.82. The quantitative estimate of drug-likeness (QED) is 0.833. The van der Waals surface area contributed by atoms with E-state index in [-0.39, 0.29) is 18.5 Å². The monoisotopic (exact) mass is 238 g/mol.